The molecule has 0 amide bonds. The predicted octanol–water partition coefficient (Wildman–Crippen LogP) is 1.83. The first kappa shape index (κ1) is 8.18. The smallest absolute Gasteiger partial charge is 0.0553 e. The van der Waals surface area contributed by atoms with E-state index < -0.39 is 0 Å². The summed E-state index contributed by atoms with van der Waals surface area (Å²) in [5, 5.41) is 0. The third-order valence-electron chi connectivity index (χ3n) is 1.81. The Hall–Kier alpha value is -0.920. The molecule has 0 saturated carbocycles. The summed E-state index contributed by atoms with van der Waals surface area (Å²) >= 11 is 0. The average Bonchev–Trinajstić information content (AvgIpc) is 2.05. The molecule has 0 radical (unpaired) electrons. The number of aryl methyl sites for hydroxylation is 2. The Morgan fingerprint density at radius 3 is 2.00 bits per heavy atom. The van der Waals surface area contributed by atoms with Crippen LogP contribution < -0.4 is 4.79 Å². The maximum Gasteiger partial charge on any atom is 0.230 e. The minimum absolute atomic E-state index is 0.740. The average molecular weight is 154 g/mol. The van der Waals surface area contributed by atoms with Crippen LogP contribution in [0.15, 0.2) is 18.2 Å². The van der Waals surface area contributed by atoms with Gasteiger partial charge in [0.15, 0.2) is 0 Å². The Balaban J connectivity index is 3.10. The van der Waals surface area contributed by atoms with Gasteiger partial charge in [-0.2, -0.15) is 0 Å². The molecule has 0 atom stereocenters. The molecule has 0 bridgehead atoms. The van der Waals surface area contributed by atoms with E-state index in [2.05, 4.69) is 0 Å². The lowest BCUT2D eigenvalue weighted by Gasteiger charge is -1.93. The second kappa shape index (κ2) is 3.46. The number of rotatable bonds is 2. The summed E-state index contributed by atoms with van der Waals surface area (Å²) in [6.07, 6.45) is 1.48. The van der Waals surface area contributed by atoms with Gasteiger partial charge in [0.25, 0.3) is 0 Å². The van der Waals surface area contributed by atoms with Gasteiger partial charge in [-0.25, -0.2) is 0 Å². The molecule has 0 N–H and O–H groups in total. The van der Waals surface area contributed by atoms with E-state index in [1.54, 1.807) is 12.1 Å². The molecule has 0 aliphatic carbocycles. The Bertz CT molecular complexity index is 223. The number of aromatic nitrogens is 1. The van der Waals surface area contributed by atoms with Gasteiger partial charge in [-0.05, 0) is 6.07 Å². The van der Waals surface area contributed by atoms with Crippen LogP contribution in [-0.4, -0.2) is 0 Å². The highest BCUT2D eigenvalue weighted by Crippen LogP contribution is 1.98. The van der Waals surface area contributed by atoms with Crippen LogP contribution in [0, 0.1) is 0 Å². The molecule has 1 aromatic heterocycles. The topological polar surface area (TPSA) is 3.88 Å². The van der Waals surface area contributed by atoms with Crippen LogP contribution in [0.25, 0.3) is 0 Å². The molecular weight excluding hydrogens is 141 g/mol. The maximum atomic E-state index is 13.2. The second-order valence-corrected chi connectivity index (χ2v) is 2.50. The number of nitrogens with zero attached hydrogens (tertiary/aromatic N) is 1. The molecule has 0 spiro atoms. The van der Waals surface area contributed by atoms with Gasteiger partial charge in [0.1, 0.15) is 0 Å². The van der Waals surface area contributed by atoms with Crippen molar-refractivity contribution in [2.75, 3.05) is 0 Å². The number of hydrogen-bond donors (Lipinski definition) is 0. The zero-order valence-corrected chi connectivity index (χ0v) is 6.97. The fourth-order valence-electron chi connectivity index (χ4n) is 1.10. The van der Waals surface area contributed by atoms with Gasteiger partial charge in [0, 0.05) is 29.8 Å². The minimum Gasteiger partial charge on any atom is -0.0553 e. The zero-order chi connectivity index (χ0) is 8.27. The molecule has 0 aromatic carbocycles. The van der Waals surface area contributed by atoms with Crippen LogP contribution in [0.4, 0.5) is 4.48 Å². The Labute approximate surface area is 66.4 Å². The van der Waals surface area contributed by atoms with Gasteiger partial charge in [0.05, 0.1) is 4.48 Å². The van der Waals surface area contributed by atoms with Crippen LogP contribution in [0.3, 0.4) is 0 Å². The lowest BCUT2D eigenvalue weighted by molar-refractivity contribution is -0.854. The molecule has 0 aliphatic rings. The van der Waals surface area contributed by atoms with Crippen molar-refractivity contribution < 1.29 is 9.27 Å². The van der Waals surface area contributed by atoms with E-state index in [0.29, 0.717) is 0 Å². The van der Waals surface area contributed by atoms with Crippen molar-refractivity contribution in [3.8, 4) is 0 Å². The first-order valence-electron chi connectivity index (χ1n) is 3.98. The van der Waals surface area contributed by atoms with Crippen LogP contribution in [-0.2, 0) is 12.8 Å². The van der Waals surface area contributed by atoms with Gasteiger partial charge < -0.3 is 0 Å². The first-order valence-corrected chi connectivity index (χ1v) is 3.98. The Morgan fingerprint density at radius 2 is 1.64 bits per heavy atom. The van der Waals surface area contributed by atoms with Crippen molar-refractivity contribution in [1.29, 1.82) is 0 Å². The van der Waals surface area contributed by atoms with Crippen LogP contribution in [0.2, 0.25) is 0 Å². The van der Waals surface area contributed by atoms with Crippen molar-refractivity contribution in [3.05, 3.63) is 29.6 Å². The van der Waals surface area contributed by atoms with E-state index >= 15 is 0 Å². The van der Waals surface area contributed by atoms with E-state index in [1.165, 1.54) is 0 Å². The molecule has 0 saturated heterocycles. The molecular formula is C9H13FN+. The maximum absolute atomic E-state index is 13.2. The highest BCUT2D eigenvalue weighted by molar-refractivity contribution is 5.03. The van der Waals surface area contributed by atoms with E-state index in [0.717, 1.165) is 29.0 Å². The molecule has 60 valence electrons. The number of halogens is 1. The van der Waals surface area contributed by atoms with Gasteiger partial charge >= 0.3 is 0 Å². The summed E-state index contributed by atoms with van der Waals surface area (Å²) in [6, 6.07) is 5.51. The molecule has 0 unspecified atom stereocenters. The summed E-state index contributed by atoms with van der Waals surface area (Å²) in [5.74, 6) is 0. The van der Waals surface area contributed by atoms with Crippen LogP contribution >= 0.6 is 0 Å². The minimum atomic E-state index is 0.740. The highest BCUT2D eigenvalue weighted by atomic mass is 19.2. The van der Waals surface area contributed by atoms with Crippen molar-refractivity contribution >= 4 is 0 Å². The molecule has 1 aromatic rings. The fraction of sp³-hybridized carbons (Fsp3) is 0.444. The Morgan fingerprint density at radius 1 is 1.18 bits per heavy atom. The quantitative estimate of drug-likeness (QED) is 0.612. The van der Waals surface area contributed by atoms with Gasteiger partial charge in [-0.15, -0.1) is 0 Å². The van der Waals surface area contributed by atoms with Crippen molar-refractivity contribution in [2.45, 2.75) is 26.7 Å². The molecule has 1 nitrogen and oxygen atoms in total. The summed E-state index contributed by atoms with van der Waals surface area (Å²) in [5.41, 5.74) is 1.48. The molecule has 1 heterocycles. The zero-order valence-electron chi connectivity index (χ0n) is 6.97. The van der Waals surface area contributed by atoms with Crippen molar-refractivity contribution in [3.63, 3.8) is 0 Å². The summed E-state index contributed by atoms with van der Waals surface area (Å²) in [7, 11) is 0. The van der Waals surface area contributed by atoms with E-state index in [1.807, 2.05) is 19.9 Å². The molecule has 0 fully saturated rings. The lowest BCUT2D eigenvalue weighted by atomic mass is 10.2. The molecule has 1 rings (SSSR count). The predicted molar refractivity (Wildman–Crippen MR) is 41.9 cm³/mol. The van der Waals surface area contributed by atoms with E-state index in [-0.39, 0.29) is 0 Å². The third-order valence-corrected chi connectivity index (χ3v) is 1.81. The monoisotopic (exact) mass is 154 g/mol. The SMILES string of the molecule is CCc1cccc(CC)[n+]1F. The Kier molecular flexibility index (Phi) is 2.58. The summed E-state index contributed by atoms with van der Waals surface area (Å²) in [4.78, 5) is 0.778. The normalized spacial score (nSPS) is 10.1. The van der Waals surface area contributed by atoms with Gasteiger partial charge in [0.2, 0.25) is 11.4 Å². The first-order chi connectivity index (χ1) is 5.29. The van der Waals surface area contributed by atoms with E-state index in [4.69, 9.17) is 0 Å². The number of pyridine rings is 1. The summed E-state index contributed by atoms with van der Waals surface area (Å²) in [6.45, 7) is 3.90. The van der Waals surface area contributed by atoms with Crippen LogP contribution in [0.1, 0.15) is 25.2 Å². The third kappa shape index (κ3) is 1.56. The summed E-state index contributed by atoms with van der Waals surface area (Å²) < 4.78 is 13.2. The molecule has 2 heteroatoms. The standard InChI is InChI=1S/C9H13FN/c1-3-8-6-5-7-9(4-2)11(8)10/h5-7H,3-4H2,1-2H3/q+1. The van der Waals surface area contributed by atoms with Gasteiger partial charge in [-0.1, -0.05) is 13.8 Å². The molecule has 11 heavy (non-hydrogen) atoms. The second-order valence-electron chi connectivity index (χ2n) is 2.50. The highest BCUT2D eigenvalue weighted by Gasteiger charge is 2.13. The molecule has 0 aliphatic heterocycles. The van der Waals surface area contributed by atoms with Crippen molar-refractivity contribution in [1.82, 2.24) is 0 Å². The number of hydrogen-bond acceptors (Lipinski definition) is 0. The van der Waals surface area contributed by atoms with Gasteiger partial charge in [-0.3, -0.25) is 0 Å². The fourth-order valence-corrected chi connectivity index (χ4v) is 1.10. The van der Waals surface area contributed by atoms with Crippen molar-refractivity contribution in [2.24, 2.45) is 0 Å². The van der Waals surface area contributed by atoms with E-state index in [9.17, 15) is 4.48 Å². The lowest BCUT2D eigenvalue weighted by Crippen LogP contribution is -2.32. The largest absolute Gasteiger partial charge is 0.230 e. The van der Waals surface area contributed by atoms with Crippen LogP contribution in [0.5, 0.6) is 0 Å².